The summed E-state index contributed by atoms with van der Waals surface area (Å²) in [7, 11) is 2.10. The standard InChI is InChI=1S/C17H20ClN/c1-12-5-8-17(14(3)9-12)19(4)16-7-6-15(11-18)13(2)10-16/h5-10H,11H2,1-4H3. The SMILES string of the molecule is Cc1ccc(N(C)c2ccc(CCl)c(C)c2)c(C)c1. The molecule has 0 saturated carbocycles. The van der Waals surface area contributed by atoms with Crippen LogP contribution in [0.15, 0.2) is 36.4 Å². The third kappa shape index (κ3) is 2.93. The molecule has 0 aliphatic rings. The Labute approximate surface area is 120 Å². The summed E-state index contributed by atoms with van der Waals surface area (Å²) in [6.45, 7) is 6.38. The zero-order valence-electron chi connectivity index (χ0n) is 12.0. The average Bonchev–Trinajstić information content (AvgIpc) is 2.38. The molecular weight excluding hydrogens is 254 g/mol. The Morgan fingerprint density at radius 1 is 0.947 bits per heavy atom. The van der Waals surface area contributed by atoms with Crippen molar-refractivity contribution in [2.45, 2.75) is 26.7 Å². The highest BCUT2D eigenvalue weighted by Crippen LogP contribution is 2.29. The van der Waals surface area contributed by atoms with Crippen molar-refractivity contribution in [1.82, 2.24) is 0 Å². The molecule has 0 bridgehead atoms. The van der Waals surface area contributed by atoms with Gasteiger partial charge in [0.05, 0.1) is 0 Å². The second-order valence-corrected chi connectivity index (χ2v) is 5.36. The van der Waals surface area contributed by atoms with Crippen LogP contribution in [-0.2, 0) is 5.88 Å². The van der Waals surface area contributed by atoms with E-state index in [0.717, 1.165) is 0 Å². The van der Waals surface area contributed by atoms with E-state index in [2.05, 4.69) is 69.1 Å². The largest absolute Gasteiger partial charge is 0.344 e. The molecule has 19 heavy (non-hydrogen) atoms. The molecule has 2 aromatic carbocycles. The number of hydrogen-bond acceptors (Lipinski definition) is 1. The molecule has 1 nitrogen and oxygen atoms in total. The van der Waals surface area contributed by atoms with Crippen LogP contribution in [0.4, 0.5) is 11.4 Å². The molecule has 0 aliphatic carbocycles. The molecule has 0 fully saturated rings. The maximum atomic E-state index is 5.91. The van der Waals surface area contributed by atoms with Gasteiger partial charge < -0.3 is 4.90 Å². The van der Waals surface area contributed by atoms with E-state index >= 15 is 0 Å². The highest BCUT2D eigenvalue weighted by Gasteiger charge is 2.08. The van der Waals surface area contributed by atoms with E-state index in [1.54, 1.807) is 0 Å². The van der Waals surface area contributed by atoms with Gasteiger partial charge in [0.15, 0.2) is 0 Å². The summed E-state index contributed by atoms with van der Waals surface area (Å²) in [5.41, 5.74) is 7.45. The third-order valence-corrected chi connectivity index (χ3v) is 3.86. The number of nitrogens with zero attached hydrogens (tertiary/aromatic N) is 1. The minimum absolute atomic E-state index is 0.569. The first-order valence-corrected chi connectivity index (χ1v) is 7.03. The van der Waals surface area contributed by atoms with Crippen LogP contribution in [0.5, 0.6) is 0 Å². The first kappa shape index (κ1) is 14.0. The summed E-state index contributed by atoms with van der Waals surface area (Å²) in [5, 5.41) is 0. The van der Waals surface area contributed by atoms with Crippen LogP contribution in [0.3, 0.4) is 0 Å². The van der Waals surface area contributed by atoms with Crippen molar-refractivity contribution >= 4 is 23.0 Å². The van der Waals surface area contributed by atoms with Gasteiger partial charge in [-0.1, -0.05) is 23.8 Å². The molecule has 2 aromatic rings. The quantitative estimate of drug-likeness (QED) is 0.702. The van der Waals surface area contributed by atoms with E-state index in [9.17, 15) is 0 Å². The van der Waals surface area contributed by atoms with Crippen LogP contribution >= 0.6 is 11.6 Å². The summed E-state index contributed by atoms with van der Waals surface area (Å²) in [6.07, 6.45) is 0. The minimum Gasteiger partial charge on any atom is -0.344 e. The van der Waals surface area contributed by atoms with Gasteiger partial charge in [0.2, 0.25) is 0 Å². The van der Waals surface area contributed by atoms with Gasteiger partial charge in [0, 0.05) is 24.3 Å². The highest BCUT2D eigenvalue weighted by atomic mass is 35.5. The lowest BCUT2D eigenvalue weighted by atomic mass is 10.1. The molecule has 0 aromatic heterocycles. The van der Waals surface area contributed by atoms with E-state index < -0.39 is 0 Å². The smallest absolute Gasteiger partial charge is 0.0476 e. The second kappa shape index (κ2) is 5.66. The normalized spacial score (nSPS) is 10.6. The Hall–Kier alpha value is -1.47. The number of anilines is 2. The van der Waals surface area contributed by atoms with Crippen LogP contribution in [0.1, 0.15) is 22.3 Å². The molecule has 0 heterocycles. The van der Waals surface area contributed by atoms with Crippen LogP contribution in [0, 0.1) is 20.8 Å². The van der Waals surface area contributed by atoms with Crippen LogP contribution in [0.25, 0.3) is 0 Å². The Morgan fingerprint density at radius 2 is 1.68 bits per heavy atom. The number of aryl methyl sites for hydroxylation is 3. The summed E-state index contributed by atoms with van der Waals surface area (Å²) >= 11 is 5.91. The molecule has 0 saturated heterocycles. The minimum atomic E-state index is 0.569. The predicted molar refractivity (Wildman–Crippen MR) is 84.7 cm³/mol. The number of hydrogen-bond donors (Lipinski definition) is 0. The zero-order valence-corrected chi connectivity index (χ0v) is 12.8. The van der Waals surface area contributed by atoms with Gasteiger partial charge in [-0.2, -0.15) is 0 Å². The first-order chi connectivity index (χ1) is 9.02. The Balaban J connectivity index is 2.38. The van der Waals surface area contributed by atoms with Crippen molar-refractivity contribution in [3.8, 4) is 0 Å². The summed E-state index contributed by atoms with van der Waals surface area (Å²) in [5.74, 6) is 0.569. The average molecular weight is 274 g/mol. The van der Waals surface area contributed by atoms with E-state index in [0.29, 0.717) is 5.88 Å². The maximum absolute atomic E-state index is 5.91. The maximum Gasteiger partial charge on any atom is 0.0476 e. The van der Waals surface area contributed by atoms with Crippen LogP contribution < -0.4 is 4.90 Å². The van der Waals surface area contributed by atoms with Crippen molar-refractivity contribution in [1.29, 1.82) is 0 Å². The van der Waals surface area contributed by atoms with Gasteiger partial charge in [-0.3, -0.25) is 0 Å². The molecule has 100 valence electrons. The van der Waals surface area contributed by atoms with Crippen molar-refractivity contribution in [3.63, 3.8) is 0 Å². The molecule has 0 radical (unpaired) electrons. The van der Waals surface area contributed by atoms with Gasteiger partial charge in [0.1, 0.15) is 0 Å². The Morgan fingerprint density at radius 3 is 2.26 bits per heavy atom. The zero-order chi connectivity index (χ0) is 14.0. The topological polar surface area (TPSA) is 3.24 Å². The van der Waals surface area contributed by atoms with Crippen molar-refractivity contribution in [2.75, 3.05) is 11.9 Å². The molecule has 0 N–H and O–H groups in total. The van der Waals surface area contributed by atoms with Crippen molar-refractivity contribution in [3.05, 3.63) is 58.7 Å². The summed E-state index contributed by atoms with van der Waals surface area (Å²) in [4.78, 5) is 2.22. The molecule has 0 spiro atoms. The highest BCUT2D eigenvalue weighted by molar-refractivity contribution is 6.17. The van der Waals surface area contributed by atoms with Gasteiger partial charge in [0.25, 0.3) is 0 Å². The number of rotatable bonds is 3. The molecule has 2 rings (SSSR count). The van der Waals surface area contributed by atoms with Gasteiger partial charge in [-0.05, 0) is 55.7 Å². The van der Waals surface area contributed by atoms with E-state index in [4.69, 9.17) is 11.6 Å². The van der Waals surface area contributed by atoms with Gasteiger partial charge >= 0.3 is 0 Å². The van der Waals surface area contributed by atoms with E-state index in [1.165, 1.54) is 33.6 Å². The third-order valence-electron chi connectivity index (χ3n) is 3.57. The molecule has 0 atom stereocenters. The lowest BCUT2D eigenvalue weighted by molar-refractivity contribution is 1.16. The summed E-state index contributed by atoms with van der Waals surface area (Å²) < 4.78 is 0. The van der Waals surface area contributed by atoms with Gasteiger partial charge in [-0.25, -0.2) is 0 Å². The van der Waals surface area contributed by atoms with Crippen LogP contribution in [0.2, 0.25) is 0 Å². The van der Waals surface area contributed by atoms with E-state index in [1.807, 2.05) is 0 Å². The number of alkyl halides is 1. The van der Waals surface area contributed by atoms with Gasteiger partial charge in [-0.15, -0.1) is 11.6 Å². The van der Waals surface area contributed by atoms with Crippen molar-refractivity contribution in [2.24, 2.45) is 0 Å². The molecule has 2 heteroatoms. The molecular formula is C17H20ClN. The monoisotopic (exact) mass is 273 g/mol. The number of halogens is 1. The molecule has 0 aliphatic heterocycles. The lowest BCUT2D eigenvalue weighted by Crippen LogP contribution is -2.11. The fraction of sp³-hybridized carbons (Fsp3) is 0.294. The molecule has 0 amide bonds. The summed E-state index contributed by atoms with van der Waals surface area (Å²) in [6, 6.07) is 13.0. The van der Waals surface area contributed by atoms with E-state index in [-0.39, 0.29) is 0 Å². The fourth-order valence-corrected chi connectivity index (χ4v) is 2.66. The lowest BCUT2D eigenvalue weighted by Gasteiger charge is -2.23. The first-order valence-electron chi connectivity index (χ1n) is 6.49. The second-order valence-electron chi connectivity index (χ2n) is 5.09. The van der Waals surface area contributed by atoms with Crippen molar-refractivity contribution < 1.29 is 0 Å². The van der Waals surface area contributed by atoms with Crippen LogP contribution in [-0.4, -0.2) is 7.05 Å². The Bertz CT molecular complexity index is 590. The Kier molecular flexibility index (Phi) is 4.16. The molecule has 0 unspecified atom stereocenters. The predicted octanol–water partition coefficient (Wildman–Crippen LogP) is 5.12. The number of benzene rings is 2. The fourth-order valence-electron chi connectivity index (χ4n) is 2.36.